The zero-order valence-electron chi connectivity index (χ0n) is 17.5. The Morgan fingerprint density at radius 2 is 0.800 bits per heavy atom. The lowest BCUT2D eigenvalue weighted by atomic mass is 9.61. The fourth-order valence-corrected chi connectivity index (χ4v) is 5.86. The molecule has 0 radical (unpaired) electrons. The molecule has 158 valence electrons. The molecule has 0 saturated heterocycles. The van der Waals surface area contributed by atoms with E-state index in [9.17, 15) is 0 Å². The van der Waals surface area contributed by atoms with Gasteiger partial charge in [-0.1, -0.05) is 36.4 Å². The van der Waals surface area contributed by atoms with Crippen molar-refractivity contribution < 1.29 is 18.9 Å². The van der Waals surface area contributed by atoms with E-state index in [-0.39, 0.29) is 0 Å². The van der Waals surface area contributed by atoms with Crippen molar-refractivity contribution in [2.75, 3.05) is 39.6 Å². The summed E-state index contributed by atoms with van der Waals surface area (Å²) < 4.78 is 24.4. The number of rotatable bonds is 0. The van der Waals surface area contributed by atoms with E-state index in [0.29, 0.717) is 63.3 Å². The van der Waals surface area contributed by atoms with Gasteiger partial charge in [-0.15, -0.1) is 0 Å². The molecule has 30 heavy (non-hydrogen) atoms. The maximum atomic E-state index is 6.47. The van der Waals surface area contributed by atoms with Gasteiger partial charge in [0, 0.05) is 0 Å². The van der Waals surface area contributed by atoms with E-state index in [1.807, 2.05) is 0 Å². The summed E-state index contributed by atoms with van der Waals surface area (Å²) >= 11 is 0. The minimum atomic E-state index is 0.499. The summed E-state index contributed by atoms with van der Waals surface area (Å²) in [5.74, 6) is 4.28. The summed E-state index contributed by atoms with van der Waals surface area (Å²) in [4.78, 5) is 0. The SMILES string of the molecule is c1cc2c3c(c1)C1CCC1c1cccc(c1OCCOCCOCCO3)C1CCC21. The second-order valence-corrected chi connectivity index (χ2v) is 9.03. The summed E-state index contributed by atoms with van der Waals surface area (Å²) in [6.45, 7) is 3.57. The monoisotopic (exact) mass is 406 g/mol. The van der Waals surface area contributed by atoms with Gasteiger partial charge in [-0.3, -0.25) is 0 Å². The average Bonchev–Trinajstić information content (AvgIpc) is 2.69. The first kappa shape index (κ1) is 18.7. The maximum Gasteiger partial charge on any atom is 0.126 e. The van der Waals surface area contributed by atoms with Crippen LogP contribution in [0.2, 0.25) is 0 Å². The minimum Gasteiger partial charge on any atom is -0.491 e. The van der Waals surface area contributed by atoms with Gasteiger partial charge in [0.25, 0.3) is 0 Å². The van der Waals surface area contributed by atoms with Crippen molar-refractivity contribution in [3.8, 4) is 11.5 Å². The predicted molar refractivity (Wildman–Crippen MR) is 115 cm³/mol. The van der Waals surface area contributed by atoms with Gasteiger partial charge >= 0.3 is 0 Å². The van der Waals surface area contributed by atoms with Crippen LogP contribution in [0.4, 0.5) is 0 Å². The molecule has 6 rings (SSSR count). The van der Waals surface area contributed by atoms with Crippen LogP contribution in [0, 0.1) is 0 Å². The lowest BCUT2D eigenvalue weighted by Crippen LogP contribution is -2.29. The molecule has 0 spiro atoms. The highest BCUT2D eigenvalue weighted by atomic mass is 16.6. The molecule has 4 unspecified atom stereocenters. The number of benzene rings is 2. The largest absolute Gasteiger partial charge is 0.491 e. The number of ether oxygens (including phenoxy) is 4. The van der Waals surface area contributed by atoms with Crippen molar-refractivity contribution in [3.05, 3.63) is 58.7 Å². The van der Waals surface area contributed by atoms with Gasteiger partial charge in [0.05, 0.1) is 26.4 Å². The summed E-state index contributed by atoms with van der Waals surface area (Å²) in [5.41, 5.74) is 5.57. The van der Waals surface area contributed by atoms with Crippen molar-refractivity contribution in [2.24, 2.45) is 0 Å². The van der Waals surface area contributed by atoms with E-state index in [2.05, 4.69) is 36.4 Å². The lowest BCUT2D eigenvalue weighted by Gasteiger charge is -2.45. The van der Waals surface area contributed by atoms with Crippen LogP contribution in [0.25, 0.3) is 0 Å². The third kappa shape index (κ3) is 3.04. The highest BCUT2D eigenvalue weighted by molar-refractivity contribution is 5.56. The number of hydrogen-bond acceptors (Lipinski definition) is 4. The summed E-state index contributed by atoms with van der Waals surface area (Å²) in [7, 11) is 0. The molecule has 4 atom stereocenters. The van der Waals surface area contributed by atoms with E-state index in [1.165, 1.54) is 47.9 Å². The van der Waals surface area contributed by atoms with Gasteiger partial charge in [-0.05, 0) is 71.6 Å². The van der Waals surface area contributed by atoms with Gasteiger partial charge in [-0.25, -0.2) is 0 Å². The predicted octanol–water partition coefficient (Wildman–Crippen LogP) is 5.13. The first-order valence-electron chi connectivity index (χ1n) is 11.6. The number of hydrogen-bond donors (Lipinski definition) is 0. The average molecular weight is 407 g/mol. The molecule has 4 aliphatic rings. The third-order valence-corrected chi connectivity index (χ3v) is 7.62. The molecule has 2 aromatic rings. The topological polar surface area (TPSA) is 36.9 Å². The molecule has 0 aromatic heterocycles. The molecule has 3 aliphatic carbocycles. The van der Waals surface area contributed by atoms with Crippen LogP contribution in [0.15, 0.2) is 36.4 Å². The second kappa shape index (κ2) is 7.90. The Bertz CT molecular complexity index is 791. The molecular weight excluding hydrogens is 376 g/mol. The maximum absolute atomic E-state index is 6.47. The Balaban J connectivity index is 1.50. The molecule has 4 heteroatoms. The van der Waals surface area contributed by atoms with Crippen molar-refractivity contribution >= 4 is 0 Å². The molecule has 0 amide bonds. The zero-order chi connectivity index (χ0) is 19.9. The van der Waals surface area contributed by atoms with Crippen molar-refractivity contribution in [1.29, 1.82) is 0 Å². The van der Waals surface area contributed by atoms with Gasteiger partial charge in [-0.2, -0.15) is 0 Å². The molecule has 6 bridgehead atoms. The first-order chi connectivity index (χ1) is 14.9. The Morgan fingerprint density at radius 3 is 1.13 bits per heavy atom. The molecule has 2 saturated carbocycles. The van der Waals surface area contributed by atoms with Crippen molar-refractivity contribution in [1.82, 2.24) is 0 Å². The van der Waals surface area contributed by atoms with Gasteiger partial charge in [0.15, 0.2) is 0 Å². The quantitative estimate of drug-likeness (QED) is 0.608. The number of fused-ring (bicyclic) bond motifs is 3. The summed E-state index contributed by atoms with van der Waals surface area (Å²) in [6, 6.07) is 13.7. The van der Waals surface area contributed by atoms with Crippen LogP contribution < -0.4 is 9.47 Å². The Kier molecular flexibility index (Phi) is 4.93. The molecule has 0 N–H and O–H groups in total. The minimum absolute atomic E-state index is 0.499. The molecule has 4 nitrogen and oxygen atoms in total. The van der Waals surface area contributed by atoms with Crippen LogP contribution in [0.1, 0.15) is 71.6 Å². The standard InChI is InChI=1S/C26H30O4/c1-3-21-17-7-9-19(17)23-5-2-6-24-20-10-8-18(20)22(4-1)25(21)29-15-13-27-11-12-28-14-16-30-26(23)24/h1-6,17-20H,7-16H2. The van der Waals surface area contributed by atoms with Gasteiger partial charge in [0.2, 0.25) is 0 Å². The van der Waals surface area contributed by atoms with Crippen LogP contribution in [0.5, 0.6) is 11.5 Å². The van der Waals surface area contributed by atoms with E-state index < -0.39 is 0 Å². The van der Waals surface area contributed by atoms with Crippen LogP contribution in [-0.2, 0) is 9.47 Å². The first-order valence-corrected chi connectivity index (χ1v) is 11.6. The highest BCUT2D eigenvalue weighted by Gasteiger charge is 2.43. The van der Waals surface area contributed by atoms with Crippen LogP contribution in [0.3, 0.4) is 0 Å². The smallest absolute Gasteiger partial charge is 0.126 e. The van der Waals surface area contributed by atoms with Crippen molar-refractivity contribution in [2.45, 2.75) is 49.4 Å². The lowest BCUT2D eigenvalue weighted by molar-refractivity contribution is 0.0260. The van der Waals surface area contributed by atoms with E-state index in [1.54, 1.807) is 0 Å². The molecular formula is C26H30O4. The summed E-state index contributed by atoms with van der Waals surface area (Å²) in [6.07, 6.45) is 4.84. The molecule has 1 aliphatic heterocycles. The zero-order valence-corrected chi connectivity index (χ0v) is 17.5. The van der Waals surface area contributed by atoms with Crippen LogP contribution >= 0.6 is 0 Å². The molecule has 1 heterocycles. The highest BCUT2D eigenvalue weighted by Crippen LogP contribution is 2.60. The van der Waals surface area contributed by atoms with Gasteiger partial charge in [0.1, 0.15) is 24.7 Å². The van der Waals surface area contributed by atoms with Gasteiger partial charge < -0.3 is 18.9 Å². The molecule has 2 aromatic carbocycles. The Morgan fingerprint density at radius 1 is 0.467 bits per heavy atom. The normalized spacial score (nSPS) is 30.3. The third-order valence-electron chi connectivity index (χ3n) is 7.62. The Labute approximate surface area is 178 Å². The number of para-hydroxylation sites is 2. The molecule has 2 fully saturated rings. The van der Waals surface area contributed by atoms with E-state index in [4.69, 9.17) is 18.9 Å². The van der Waals surface area contributed by atoms with E-state index >= 15 is 0 Å². The fourth-order valence-electron chi connectivity index (χ4n) is 5.86. The fraction of sp³-hybridized carbons (Fsp3) is 0.538. The van der Waals surface area contributed by atoms with Crippen molar-refractivity contribution in [3.63, 3.8) is 0 Å². The second-order valence-electron chi connectivity index (χ2n) is 9.03. The Hall–Kier alpha value is -2.04. The van der Waals surface area contributed by atoms with Crippen LogP contribution in [-0.4, -0.2) is 39.6 Å². The van der Waals surface area contributed by atoms with E-state index in [0.717, 1.165) is 11.5 Å². The summed E-state index contributed by atoms with van der Waals surface area (Å²) in [5, 5.41) is 0.